The van der Waals surface area contributed by atoms with E-state index in [0.717, 1.165) is 41.1 Å². The third-order valence-corrected chi connectivity index (χ3v) is 5.97. The highest BCUT2D eigenvalue weighted by molar-refractivity contribution is 7.11. The molecule has 0 saturated carbocycles. The number of hydrogen-bond donors (Lipinski definition) is 2. The second kappa shape index (κ2) is 9.58. The number of ether oxygens (including phenoxy) is 1. The topological polar surface area (TPSA) is 45.6 Å². The Labute approximate surface area is 188 Å². The summed E-state index contributed by atoms with van der Waals surface area (Å²) in [6.07, 6.45) is -4.37. The Morgan fingerprint density at radius 3 is 2.47 bits per heavy atom. The highest BCUT2D eigenvalue weighted by atomic mass is 32.1. The lowest BCUT2D eigenvalue weighted by atomic mass is 10.1. The van der Waals surface area contributed by atoms with Gasteiger partial charge in [0, 0.05) is 22.6 Å². The van der Waals surface area contributed by atoms with Gasteiger partial charge in [0.25, 0.3) is 0 Å². The summed E-state index contributed by atoms with van der Waals surface area (Å²) >= 11 is 1.67. The van der Waals surface area contributed by atoms with Crippen molar-refractivity contribution in [1.82, 2.24) is 5.32 Å². The summed E-state index contributed by atoms with van der Waals surface area (Å²) in [6, 6.07) is 16.7. The first-order valence-corrected chi connectivity index (χ1v) is 10.9. The predicted molar refractivity (Wildman–Crippen MR) is 123 cm³/mol. The van der Waals surface area contributed by atoms with Gasteiger partial charge >= 0.3 is 6.18 Å². The number of hydrogen-bond acceptors (Lipinski definition) is 5. The zero-order chi connectivity index (χ0) is 22.6. The van der Waals surface area contributed by atoms with Gasteiger partial charge < -0.3 is 10.1 Å². The first-order valence-electron chi connectivity index (χ1n) is 10.1. The summed E-state index contributed by atoms with van der Waals surface area (Å²) in [5.41, 5.74) is 6.40. The van der Waals surface area contributed by atoms with E-state index in [1.54, 1.807) is 11.3 Å². The fourth-order valence-electron chi connectivity index (χ4n) is 3.27. The van der Waals surface area contributed by atoms with Crippen LogP contribution in [0.4, 0.5) is 18.9 Å². The van der Waals surface area contributed by atoms with Crippen LogP contribution in [0.5, 0.6) is 0 Å². The fraction of sp³-hybridized carbons (Fsp3) is 0.208. The summed E-state index contributed by atoms with van der Waals surface area (Å²) in [4.78, 5) is 1.17. The Kier molecular flexibility index (Phi) is 6.62. The predicted octanol–water partition coefficient (Wildman–Crippen LogP) is 5.92. The van der Waals surface area contributed by atoms with Crippen LogP contribution in [0.1, 0.15) is 21.6 Å². The largest absolute Gasteiger partial charge is 0.490 e. The van der Waals surface area contributed by atoms with E-state index in [-0.39, 0.29) is 6.61 Å². The Bertz CT molecular complexity index is 1100. The van der Waals surface area contributed by atoms with Crippen molar-refractivity contribution in [2.24, 2.45) is 5.10 Å². The summed E-state index contributed by atoms with van der Waals surface area (Å²) in [7, 11) is 0. The minimum absolute atomic E-state index is 0.225. The van der Waals surface area contributed by atoms with Crippen LogP contribution in [-0.4, -0.2) is 25.4 Å². The van der Waals surface area contributed by atoms with Crippen molar-refractivity contribution in [3.05, 3.63) is 93.4 Å². The van der Waals surface area contributed by atoms with E-state index in [2.05, 4.69) is 21.9 Å². The zero-order valence-electron chi connectivity index (χ0n) is 17.4. The molecule has 4 rings (SSSR count). The molecule has 0 bridgehead atoms. The third-order valence-electron chi connectivity index (χ3n) is 5.04. The van der Waals surface area contributed by atoms with Gasteiger partial charge in [-0.1, -0.05) is 35.9 Å². The van der Waals surface area contributed by atoms with Gasteiger partial charge in [-0.3, -0.25) is 5.43 Å². The molecular weight excluding hydrogens is 435 g/mol. The molecule has 1 aliphatic heterocycles. The number of halogens is 3. The molecule has 0 saturated heterocycles. The monoisotopic (exact) mass is 457 g/mol. The molecule has 0 amide bonds. The molecule has 0 atom stereocenters. The first kappa shape index (κ1) is 22.1. The lowest BCUT2D eigenvalue weighted by Gasteiger charge is -2.13. The van der Waals surface area contributed by atoms with Crippen LogP contribution in [-0.2, 0) is 10.9 Å². The molecule has 0 aliphatic carbocycles. The lowest BCUT2D eigenvalue weighted by Crippen LogP contribution is -2.15. The molecule has 3 aromatic rings. The average Bonchev–Trinajstić information content (AvgIpc) is 3.46. The Morgan fingerprint density at radius 1 is 1.06 bits per heavy atom. The molecule has 1 aromatic heterocycles. The van der Waals surface area contributed by atoms with Gasteiger partial charge in [0.15, 0.2) is 0 Å². The van der Waals surface area contributed by atoms with Crippen molar-refractivity contribution in [3.8, 4) is 0 Å². The Hall–Kier alpha value is -3.10. The highest BCUT2D eigenvalue weighted by Gasteiger charge is 2.29. The molecule has 2 heterocycles. The van der Waals surface area contributed by atoms with E-state index in [9.17, 15) is 13.2 Å². The molecule has 2 N–H and O–H groups in total. The molecule has 4 nitrogen and oxygen atoms in total. The first-order chi connectivity index (χ1) is 15.4. The second-order valence-corrected chi connectivity index (χ2v) is 8.33. The minimum Gasteiger partial charge on any atom is -0.490 e. The number of nitrogens with zero attached hydrogens (tertiary/aromatic N) is 1. The second-order valence-electron chi connectivity index (χ2n) is 7.38. The SMILES string of the molecule is Cc1ccc(C(COC2=C(c3cccs3)CNC2)=NNc2ccc(C(F)(F)F)cc2)cc1. The van der Waals surface area contributed by atoms with Gasteiger partial charge in [0.1, 0.15) is 18.1 Å². The number of rotatable bonds is 7. The number of aryl methyl sites for hydroxylation is 1. The maximum atomic E-state index is 12.8. The third kappa shape index (κ3) is 5.38. The molecule has 1 aliphatic rings. The van der Waals surface area contributed by atoms with Crippen LogP contribution < -0.4 is 10.7 Å². The molecule has 0 radical (unpaired) electrons. The summed E-state index contributed by atoms with van der Waals surface area (Å²) < 4.78 is 44.5. The summed E-state index contributed by atoms with van der Waals surface area (Å²) in [5.74, 6) is 0.877. The molecule has 8 heteroatoms. The van der Waals surface area contributed by atoms with Crippen LogP contribution in [0, 0.1) is 6.92 Å². The average molecular weight is 458 g/mol. The molecule has 32 heavy (non-hydrogen) atoms. The van der Waals surface area contributed by atoms with Crippen molar-refractivity contribution in [1.29, 1.82) is 0 Å². The minimum atomic E-state index is -4.37. The van der Waals surface area contributed by atoms with E-state index in [4.69, 9.17) is 4.74 Å². The molecule has 2 aromatic carbocycles. The van der Waals surface area contributed by atoms with Crippen LogP contribution in [0.25, 0.3) is 5.57 Å². The van der Waals surface area contributed by atoms with Gasteiger partial charge in [-0.05, 0) is 42.6 Å². The maximum Gasteiger partial charge on any atom is 0.416 e. The Balaban J connectivity index is 1.54. The Morgan fingerprint density at radius 2 is 1.81 bits per heavy atom. The van der Waals surface area contributed by atoms with Crippen LogP contribution in [0.2, 0.25) is 0 Å². The molecule has 0 unspecified atom stereocenters. The van der Waals surface area contributed by atoms with Gasteiger partial charge in [0.05, 0.1) is 17.8 Å². The molecular formula is C24H22F3N3OS. The lowest BCUT2D eigenvalue weighted by molar-refractivity contribution is -0.137. The number of thiophene rings is 1. The van der Waals surface area contributed by atoms with Crippen molar-refractivity contribution in [2.75, 3.05) is 25.1 Å². The van der Waals surface area contributed by atoms with Gasteiger partial charge in [-0.15, -0.1) is 11.3 Å². The van der Waals surface area contributed by atoms with Crippen molar-refractivity contribution < 1.29 is 17.9 Å². The molecule has 0 spiro atoms. The van der Waals surface area contributed by atoms with E-state index in [1.807, 2.05) is 42.6 Å². The van der Waals surface area contributed by atoms with Crippen molar-refractivity contribution >= 4 is 28.3 Å². The van der Waals surface area contributed by atoms with Crippen LogP contribution >= 0.6 is 11.3 Å². The fourth-order valence-corrected chi connectivity index (χ4v) is 4.06. The molecule has 0 fully saturated rings. The van der Waals surface area contributed by atoms with Gasteiger partial charge in [0.2, 0.25) is 0 Å². The van der Waals surface area contributed by atoms with Crippen molar-refractivity contribution in [3.63, 3.8) is 0 Å². The van der Waals surface area contributed by atoms with Gasteiger partial charge in [-0.25, -0.2) is 0 Å². The van der Waals surface area contributed by atoms with Gasteiger partial charge in [-0.2, -0.15) is 18.3 Å². The van der Waals surface area contributed by atoms with Crippen LogP contribution in [0.3, 0.4) is 0 Å². The number of benzene rings is 2. The standard InChI is InChI=1S/C24H22F3N3OS/c1-16-4-6-17(7-5-16)21(30-29-19-10-8-18(9-11-19)24(25,26)27)15-31-22-14-28-13-20(22)23-3-2-12-32-23/h2-12,28-29H,13-15H2,1H3. The number of alkyl halides is 3. The molecule has 166 valence electrons. The van der Waals surface area contributed by atoms with E-state index in [1.165, 1.54) is 17.0 Å². The smallest absolute Gasteiger partial charge is 0.416 e. The number of hydrazone groups is 1. The van der Waals surface area contributed by atoms with E-state index >= 15 is 0 Å². The summed E-state index contributed by atoms with van der Waals surface area (Å²) in [6.45, 7) is 3.61. The van der Waals surface area contributed by atoms with E-state index < -0.39 is 11.7 Å². The summed E-state index contributed by atoms with van der Waals surface area (Å²) in [5, 5.41) is 9.80. The number of nitrogens with one attached hydrogen (secondary N) is 2. The number of anilines is 1. The zero-order valence-corrected chi connectivity index (χ0v) is 18.2. The van der Waals surface area contributed by atoms with Crippen LogP contribution in [0.15, 0.2) is 76.9 Å². The maximum absolute atomic E-state index is 12.8. The van der Waals surface area contributed by atoms with E-state index in [0.29, 0.717) is 17.9 Å². The highest BCUT2D eigenvalue weighted by Crippen LogP contribution is 2.30. The quantitative estimate of drug-likeness (QED) is 0.342. The normalized spacial score (nSPS) is 14.7. The van der Waals surface area contributed by atoms with Crippen molar-refractivity contribution in [2.45, 2.75) is 13.1 Å².